The molecule has 0 rings (SSSR count). The van der Waals surface area contributed by atoms with Crippen molar-refractivity contribution in [2.45, 2.75) is 0 Å². The van der Waals surface area contributed by atoms with Crippen molar-refractivity contribution in [3.05, 3.63) is 0 Å². The second kappa shape index (κ2) is 5.57. The monoisotopic (exact) mass is 122 g/mol. The summed E-state index contributed by atoms with van der Waals surface area (Å²) in [6, 6.07) is 0. The van der Waals surface area contributed by atoms with Gasteiger partial charge in [0, 0.05) is 0 Å². The van der Waals surface area contributed by atoms with Crippen LogP contribution in [0.2, 0.25) is 0 Å². The van der Waals surface area contributed by atoms with E-state index in [9.17, 15) is 0 Å². The molecule has 0 aromatic heterocycles. The van der Waals surface area contributed by atoms with Gasteiger partial charge in [0.1, 0.15) is 0 Å². The van der Waals surface area contributed by atoms with E-state index < -0.39 is 8.60 Å². The summed E-state index contributed by atoms with van der Waals surface area (Å²) in [6.07, 6.45) is 0. The standard InChI is InChI=1S/Ca.H3O3P/c;1-4(2)3/h;1-3H/q+2;. The predicted molar refractivity (Wildman–Crippen MR) is 19.3 cm³/mol. The Morgan fingerprint density at radius 3 is 1.00 bits per heavy atom. The smallest absolute Gasteiger partial charge is 0.328 e. The molecule has 0 aromatic carbocycles. The van der Waals surface area contributed by atoms with E-state index in [0.717, 1.165) is 0 Å². The van der Waals surface area contributed by atoms with Crippen molar-refractivity contribution >= 4 is 46.3 Å². The van der Waals surface area contributed by atoms with Crippen LogP contribution in [-0.2, 0) is 0 Å². The van der Waals surface area contributed by atoms with Crippen molar-refractivity contribution in [3.63, 3.8) is 0 Å². The fourth-order valence-corrected chi connectivity index (χ4v) is 0. The van der Waals surface area contributed by atoms with Gasteiger partial charge in [0.05, 0.1) is 0 Å². The van der Waals surface area contributed by atoms with Gasteiger partial charge in [-0.15, -0.1) is 0 Å². The zero-order valence-corrected chi connectivity index (χ0v) is 5.60. The Morgan fingerprint density at radius 2 is 1.00 bits per heavy atom. The fourth-order valence-electron chi connectivity index (χ4n) is 0. The van der Waals surface area contributed by atoms with Crippen LogP contribution in [0.15, 0.2) is 0 Å². The van der Waals surface area contributed by atoms with Crippen molar-refractivity contribution in [1.82, 2.24) is 0 Å². The summed E-state index contributed by atoms with van der Waals surface area (Å²) < 4.78 is 0. The van der Waals surface area contributed by atoms with Gasteiger partial charge in [-0.25, -0.2) is 0 Å². The van der Waals surface area contributed by atoms with E-state index in [0.29, 0.717) is 0 Å². The normalized spacial score (nSPS) is 7.20. The van der Waals surface area contributed by atoms with Crippen molar-refractivity contribution in [1.29, 1.82) is 0 Å². The second-order valence-electron chi connectivity index (χ2n) is 0.268. The quantitative estimate of drug-likeness (QED) is 0.279. The van der Waals surface area contributed by atoms with Crippen molar-refractivity contribution in [3.8, 4) is 0 Å². The molecule has 0 aromatic rings. The van der Waals surface area contributed by atoms with Gasteiger partial charge >= 0.3 is 46.3 Å². The molecule has 0 heterocycles. The molecule has 26 valence electrons. The van der Waals surface area contributed by atoms with Gasteiger partial charge in [0.15, 0.2) is 0 Å². The molecular weight excluding hydrogens is 119 g/mol. The van der Waals surface area contributed by atoms with E-state index in [4.69, 9.17) is 14.7 Å². The maximum absolute atomic E-state index is 7.23. The molecule has 0 saturated carbocycles. The van der Waals surface area contributed by atoms with E-state index in [1.54, 1.807) is 0 Å². The van der Waals surface area contributed by atoms with Gasteiger partial charge in [0.25, 0.3) is 0 Å². The molecule has 0 amide bonds. The third-order valence-electron chi connectivity index (χ3n) is 0. The molecule has 0 aliphatic heterocycles. The first-order valence-electron chi connectivity index (χ1n) is 0.600. The second-order valence-corrected chi connectivity index (χ2v) is 0.805. The Morgan fingerprint density at radius 1 is 1.00 bits per heavy atom. The summed E-state index contributed by atoms with van der Waals surface area (Å²) in [5, 5.41) is 0. The third kappa shape index (κ3) is 28.8. The average molecular weight is 122 g/mol. The fraction of sp³-hybridized carbons (Fsp3) is 0. The van der Waals surface area contributed by atoms with Gasteiger partial charge in [0.2, 0.25) is 0 Å². The third-order valence-corrected chi connectivity index (χ3v) is 0. The van der Waals surface area contributed by atoms with Crippen molar-refractivity contribution in [2.24, 2.45) is 0 Å². The van der Waals surface area contributed by atoms with E-state index in [1.807, 2.05) is 0 Å². The van der Waals surface area contributed by atoms with E-state index in [1.165, 1.54) is 0 Å². The van der Waals surface area contributed by atoms with Crippen LogP contribution < -0.4 is 0 Å². The van der Waals surface area contributed by atoms with Gasteiger partial charge in [-0.05, 0) is 0 Å². The Labute approximate surface area is 60.6 Å². The summed E-state index contributed by atoms with van der Waals surface area (Å²) in [5.74, 6) is 0. The maximum atomic E-state index is 7.23. The van der Waals surface area contributed by atoms with Crippen LogP contribution in [0.3, 0.4) is 0 Å². The summed E-state index contributed by atoms with van der Waals surface area (Å²) in [4.78, 5) is 21.7. The van der Waals surface area contributed by atoms with Crippen LogP contribution in [-0.4, -0.2) is 52.4 Å². The Balaban J connectivity index is 0. The average Bonchev–Trinajstić information content (AvgIpc) is 0.811. The van der Waals surface area contributed by atoms with Crippen LogP contribution in [0.4, 0.5) is 0 Å². The number of hydrogen-bond donors (Lipinski definition) is 3. The Hall–Kier alpha value is 1.57. The Kier molecular flexibility index (Phi) is 10.9. The van der Waals surface area contributed by atoms with Crippen LogP contribution in [0.5, 0.6) is 0 Å². The molecule has 0 fully saturated rings. The molecule has 0 atom stereocenters. The molecule has 0 bridgehead atoms. The minimum atomic E-state index is -2.62. The molecule has 3 nitrogen and oxygen atoms in total. The molecule has 0 radical (unpaired) electrons. The zero-order chi connectivity index (χ0) is 3.58. The molecule has 0 aliphatic carbocycles. The van der Waals surface area contributed by atoms with Gasteiger partial charge < -0.3 is 14.7 Å². The molecule has 5 heavy (non-hydrogen) atoms. The largest absolute Gasteiger partial charge is 2.00 e. The van der Waals surface area contributed by atoms with E-state index in [2.05, 4.69) is 0 Å². The predicted octanol–water partition coefficient (Wildman–Crippen LogP) is -1.19. The van der Waals surface area contributed by atoms with Crippen LogP contribution in [0.25, 0.3) is 0 Å². The number of rotatable bonds is 0. The first-order valence-corrected chi connectivity index (χ1v) is 1.80. The first kappa shape index (κ1) is 9.76. The SMILES string of the molecule is OP(O)O.[Ca+2]. The minimum absolute atomic E-state index is 0. The van der Waals surface area contributed by atoms with Gasteiger partial charge in [-0.2, -0.15) is 0 Å². The van der Waals surface area contributed by atoms with Crippen LogP contribution in [0, 0.1) is 0 Å². The first-order chi connectivity index (χ1) is 1.73. The molecule has 0 spiro atoms. The van der Waals surface area contributed by atoms with Crippen LogP contribution in [0.1, 0.15) is 0 Å². The minimum Gasteiger partial charge on any atom is -0.328 e. The molecule has 3 N–H and O–H groups in total. The van der Waals surface area contributed by atoms with Crippen LogP contribution >= 0.6 is 8.60 Å². The number of hydrogen-bond acceptors (Lipinski definition) is 3. The topological polar surface area (TPSA) is 60.7 Å². The maximum Gasteiger partial charge on any atom is 2.00 e. The van der Waals surface area contributed by atoms with Crippen molar-refractivity contribution in [2.75, 3.05) is 0 Å². The summed E-state index contributed by atoms with van der Waals surface area (Å²) in [6.45, 7) is 0. The molecule has 0 saturated heterocycles. The zero-order valence-electron chi connectivity index (χ0n) is 2.50. The van der Waals surface area contributed by atoms with Crippen molar-refractivity contribution < 1.29 is 14.7 Å². The van der Waals surface area contributed by atoms with E-state index in [-0.39, 0.29) is 37.7 Å². The summed E-state index contributed by atoms with van der Waals surface area (Å²) in [7, 11) is -2.62. The molecule has 0 aliphatic rings. The summed E-state index contributed by atoms with van der Waals surface area (Å²) in [5.41, 5.74) is 0. The molecular formula is H3CaO3P+2. The van der Waals surface area contributed by atoms with E-state index >= 15 is 0 Å². The van der Waals surface area contributed by atoms with Gasteiger partial charge in [-0.1, -0.05) is 0 Å². The van der Waals surface area contributed by atoms with Gasteiger partial charge in [-0.3, -0.25) is 0 Å². The Bertz CT molecular complexity index is 11.6. The molecule has 5 heteroatoms. The summed E-state index contributed by atoms with van der Waals surface area (Å²) >= 11 is 0. The molecule has 0 unspecified atom stereocenters.